The predicted octanol–water partition coefficient (Wildman–Crippen LogP) is 4.03. The van der Waals surface area contributed by atoms with Gasteiger partial charge in [0.05, 0.1) is 16.6 Å². The molecule has 3 saturated heterocycles. The van der Waals surface area contributed by atoms with E-state index < -0.39 is 0 Å². The van der Waals surface area contributed by atoms with Gasteiger partial charge in [0.25, 0.3) is 5.91 Å². The first-order valence-corrected chi connectivity index (χ1v) is 11.7. The number of fused-ring (bicyclic) bond motifs is 1. The number of thiophene rings is 1. The van der Waals surface area contributed by atoms with Crippen LogP contribution in [-0.4, -0.2) is 42.1 Å². The molecule has 4 atom stereocenters. The van der Waals surface area contributed by atoms with Crippen molar-refractivity contribution in [2.75, 3.05) is 19.6 Å². The van der Waals surface area contributed by atoms with E-state index in [-0.39, 0.29) is 11.5 Å². The summed E-state index contributed by atoms with van der Waals surface area (Å²) in [6.07, 6.45) is 3.60. The molecule has 2 bridgehead atoms. The van der Waals surface area contributed by atoms with E-state index in [2.05, 4.69) is 54.4 Å². The number of aryl methyl sites for hydroxylation is 2. The lowest BCUT2D eigenvalue weighted by Crippen LogP contribution is -2.41. The molecule has 1 N–H and O–H groups in total. The Labute approximate surface area is 177 Å². The quantitative estimate of drug-likeness (QED) is 0.782. The van der Waals surface area contributed by atoms with Gasteiger partial charge in [-0.2, -0.15) is 0 Å². The van der Waals surface area contributed by atoms with Crippen molar-refractivity contribution >= 4 is 17.2 Å². The zero-order valence-electron chi connectivity index (χ0n) is 17.3. The van der Waals surface area contributed by atoms with Crippen LogP contribution in [0.15, 0.2) is 36.4 Å². The summed E-state index contributed by atoms with van der Waals surface area (Å²) >= 11 is 1.61. The van der Waals surface area contributed by atoms with Gasteiger partial charge in [-0.3, -0.25) is 9.69 Å². The van der Waals surface area contributed by atoms with E-state index in [9.17, 15) is 4.79 Å². The molecule has 1 spiro atoms. The van der Waals surface area contributed by atoms with Crippen LogP contribution in [0.25, 0.3) is 0 Å². The van der Waals surface area contributed by atoms with E-state index >= 15 is 0 Å². The Kier molecular flexibility index (Phi) is 5.01. The van der Waals surface area contributed by atoms with Gasteiger partial charge < -0.3 is 10.1 Å². The van der Waals surface area contributed by atoms with Gasteiger partial charge in [-0.15, -0.1) is 11.3 Å². The summed E-state index contributed by atoms with van der Waals surface area (Å²) in [5, 5.41) is 3.22. The minimum absolute atomic E-state index is 0.0169. The summed E-state index contributed by atoms with van der Waals surface area (Å²) in [6, 6.07) is 12.9. The summed E-state index contributed by atoms with van der Waals surface area (Å²) in [6.45, 7) is 8.07. The van der Waals surface area contributed by atoms with E-state index in [1.165, 1.54) is 22.4 Å². The van der Waals surface area contributed by atoms with Crippen LogP contribution in [-0.2, 0) is 17.7 Å². The van der Waals surface area contributed by atoms with Crippen LogP contribution in [0.3, 0.4) is 0 Å². The number of rotatable bonds is 6. The number of nitrogens with one attached hydrogen (secondary N) is 1. The van der Waals surface area contributed by atoms with Crippen LogP contribution >= 0.6 is 11.3 Å². The smallest absolute Gasteiger partial charge is 0.261 e. The Morgan fingerprint density at radius 2 is 2.10 bits per heavy atom. The summed E-state index contributed by atoms with van der Waals surface area (Å²) in [7, 11) is 0. The maximum Gasteiger partial charge on any atom is 0.261 e. The number of hydrogen-bond acceptors (Lipinski definition) is 4. The highest BCUT2D eigenvalue weighted by atomic mass is 32.1. The molecule has 1 aromatic carbocycles. The number of benzene rings is 1. The van der Waals surface area contributed by atoms with E-state index in [0.29, 0.717) is 17.9 Å². The molecule has 5 rings (SSSR count). The van der Waals surface area contributed by atoms with Crippen LogP contribution in [0.2, 0.25) is 0 Å². The number of carbonyl (C=O) groups is 1. The van der Waals surface area contributed by atoms with Gasteiger partial charge >= 0.3 is 0 Å². The number of hydrogen-bond donors (Lipinski definition) is 1. The normalized spacial score (nSPS) is 30.6. The Hall–Kier alpha value is -1.69. The van der Waals surface area contributed by atoms with Crippen molar-refractivity contribution in [3.63, 3.8) is 0 Å². The van der Waals surface area contributed by atoms with Gasteiger partial charge in [-0.25, -0.2) is 0 Å². The third-order valence-corrected chi connectivity index (χ3v) is 8.34. The zero-order chi connectivity index (χ0) is 20.0. The molecule has 0 unspecified atom stereocenters. The Morgan fingerprint density at radius 3 is 2.86 bits per heavy atom. The fraction of sp³-hybridized carbons (Fsp3) is 0.542. The number of carbonyl (C=O) groups excluding carboxylic acids is 1. The van der Waals surface area contributed by atoms with Crippen molar-refractivity contribution in [3.8, 4) is 0 Å². The highest BCUT2D eigenvalue weighted by Gasteiger charge is 2.62. The first kappa shape index (κ1) is 19.3. The standard InChI is InChI=1S/C24H30N2O2S/c1-3-18-8-9-22(29-18)23(27)25-12-19-20-14-26(13-17-6-4-16(2)5-7-17)15-24(20)11-10-21(19)28-24/h4-9,19-21H,3,10-15H2,1-2H3,(H,25,27)/t19-,20+,21+,24+/m0/s1. The maximum atomic E-state index is 12.6. The molecule has 1 aromatic heterocycles. The summed E-state index contributed by atoms with van der Waals surface area (Å²) in [5.74, 6) is 1.03. The SMILES string of the molecule is CCc1ccc(C(=O)NC[C@H]2[C@H]3CN(Cc4ccc(C)cc4)C[C@]34CC[C@H]2O4)s1. The molecule has 154 valence electrons. The summed E-state index contributed by atoms with van der Waals surface area (Å²) in [5.41, 5.74) is 2.69. The third-order valence-electron chi connectivity index (χ3n) is 7.11. The largest absolute Gasteiger partial charge is 0.370 e. The Morgan fingerprint density at radius 1 is 1.28 bits per heavy atom. The average Bonchev–Trinajstić information content (AvgIpc) is 3.47. The lowest BCUT2D eigenvalue weighted by molar-refractivity contribution is 0.00212. The van der Waals surface area contributed by atoms with Crippen molar-refractivity contribution in [1.29, 1.82) is 0 Å². The van der Waals surface area contributed by atoms with Crippen molar-refractivity contribution in [2.24, 2.45) is 11.8 Å². The summed E-state index contributed by atoms with van der Waals surface area (Å²) < 4.78 is 6.55. The van der Waals surface area contributed by atoms with Crippen LogP contribution in [0.5, 0.6) is 0 Å². The maximum absolute atomic E-state index is 12.6. The van der Waals surface area contributed by atoms with Gasteiger partial charge in [-0.05, 0) is 43.9 Å². The molecule has 3 fully saturated rings. The second kappa shape index (κ2) is 7.53. The van der Waals surface area contributed by atoms with E-state index in [1.807, 2.05) is 6.07 Å². The lowest BCUT2D eigenvalue weighted by Gasteiger charge is -2.29. The van der Waals surface area contributed by atoms with Crippen molar-refractivity contribution in [2.45, 2.75) is 51.4 Å². The fourth-order valence-electron chi connectivity index (χ4n) is 5.62. The molecule has 2 aromatic rings. The minimum Gasteiger partial charge on any atom is -0.370 e. The van der Waals surface area contributed by atoms with Gasteiger partial charge in [0, 0.05) is 42.9 Å². The van der Waals surface area contributed by atoms with Gasteiger partial charge in [0.1, 0.15) is 0 Å². The molecule has 4 nitrogen and oxygen atoms in total. The van der Waals surface area contributed by atoms with Crippen molar-refractivity contribution < 1.29 is 9.53 Å². The Balaban J connectivity index is 1.23. The van der Waals surface area contributed by atoms with Crippen LogP contribution in [0.1, 0.15) is 45.4 Å². The zero-order valence-corrected chi connectivity index (χ0v) is 18.1. The highest BCUT2D eigenvalue weighted by Crippen LogP contribution is 2.54. The first-order valence-electron chi connectivity index (χ1n) is 10.9. The van der Waals surface area contributed by atoms with E-state index in [1.54, 1.807) is 11.3 Å². The monoisotopic (exact) mass is 410 g/mol. The summed E-state index contributed by atoms with van der Waals surface area (Å²) in [4.78, 5) is 17.3. The molecule has 29 heavy (non-hydrogen) atoms. The Bertz CT molecular complexity index is 893. The van der Waals surface area contributed by atoms with Gasteiger partial charge in [0.2, 0.25) is 0 Å². The van der Waals surface area contributed by atoms with Crippen LogP contribution in [0, 0.1) is 18.8 Å². The van der Waals surface area contributed by atoms with Gasteiger partial charge in [-0.1, -0.05) is 36.8 Å². The minimum atomic E-state index is 0.0169. The molecule has 4 heterocycles. The predicted molar refractivity (Wildman–Crippen MR) is 116 cm³/mol. The topological polar surface area (TPSA) is 41.6 Å². The van der Waals surface area contributed by atoms with Crippen LogP contribution in [0.4, 0.5) is 0 Å². The molecular formula is C24H30N2O2S. The third kappa shape index (κ3) is 3.54. The molecular weight excluding hydrogens is 380 g/mol. The van der Waals surface area contributed by atoms with Crippen molar-refractivity contribution in [1.82, 2.24) is 10.2 Å². The van der Waals surface area contributed by atoms with Gasteiger partial charge in [0.15, 0.2) is 0 Å². The van der Waals surface area contributed by atoms with Crippen LogP contribution < -0.4 is 5.32 Å². The molecule has 3 aliphatic rings. The molecule has 0 aliphatic carbocycles. The average molecular weight is 411 g/mol. The second-order valence-corrected chi connectivity index (χ2v) is 10.2. The molecule has 5 heteroatoms. The van der Waals surface area contributed by atoms with E-state index in [0.717, 1.165) is 43.9 Å². The molecule has 0 radical (unpaired) electrons. The lowest BCUT2D eigenvalue weighted by atomic mass is 9.73. The number of amides is 1. The van der Waals surface area contributed by atoms with E-state index in [4.69, 9.17) is 4.74 Å². The molecule has 0 saturated carbocycles. The van der Waals surface area contributed by atoms with Crippen molar-refractivity contribution in [3.05, 3.63) is 57.3 Å². The molecule has 3 aliphatic heterocycles. The fourth-order valence-corrected chi connectivity index (χ4v) is 6.48. The molecule has 1 amide bonds. The first-order chi connectivity index (χ1) is 14.1. The second-order valence-electron chi connectivity index (χ2n) is 9.01. The number of nitrogens with zero attached hydrogens (tertiary/aromatic N) is 1. The highest BCUT2D eigenvalue weighted by molar-refractivity contribution is 7.14. The number of likely N-dealkylation sites (tertiary alicyclic amines) is 1. The number of ether oxygens (including phenoxy) is 1.